The number of benzene rings is 4. The van der Waals surface area contributed by atoms with Crippen molar-refractivity contribution < 1.29 is 19.1 Å². The molecule has 5 nitrogen and oxygen atoms in total. The first-order chi connectivity index (χ1) is 17.0. The van der Waals surface area contributed by atoms with Crippen LogP contribution in [0.4, 0.5) is 10.5 Å². The van der Waals surface area contributed by atoms with E-state index in [4.69, 9.17) is 9.47 Å². The van der Waals surface area contributed by atoms with Gasteiger partial charge in [-0.15, -0.1) is 0 Å². The van der Waals surface area contributed by atoms with Crippen molar-refractivity contribution in [3.63, 3.8) is 0 Å². The molecular weight excluding hydrogens is 526 g/mol. The molecular formula is C28H20BrNO4S. The Kier molecular flexibility index (Phi) is 6.61. The van der Waals surface area contributed by atoms with Crippen LogP contribution < -0.4 is 14.4 Å². The molecule has 7 heteroatoms. The fourth-order valence-electron chi connectivity index (χ4n) is 3.92. The number of carbonyl (C=O) groups is 2. The molecule has 0 radical (unpaired) electrons. The number of amides is 2. The van der Waals surface area contributed by atoms with Crippen LogP contribution in [0.15, 0.2) is 94.3 Å². The second-order valence-electron chi connectivity index (χ2n) is 7.80. The molecule has 4 aromatic rings. The molecule has 0 N–H and O–H groups in total. The summed E-state index contributed by atoms with van der Waals surface area (Å²) in [4.78, 5) is 27.0. The van der Waals surface area contributed by atoms with Crippen LogP contribution in [-0.4, -0.2) is 18.3 Å². The van der Waals surface area contributed by atoms with E-state index in [0.29, 0.717) is 34.3 Å². The number of carbonyl (C=O) groups excluding carboxylic acids is 2. The topological polar surface area (TPSA) is 55.8 Å². The van der Waals surface area contributed by atoms with E-state index in [1.54, 1.807) is 43.5 Å². The molecule has 0 aliphatic carbocycles. The van der Waals surface area contributed by atoms with Gasteiger partial charge in [0, 0.05) is 4.47 Å². The highest BCUT2D eigenvalue weighted by molar-refractivity contribution is 9.10. The molecule has 0 aromatic heterocycles. The number of imide groups is 1. The van der Waals surface area contributed by atoms with E-state index in [2.05, 4.69) is 34.1 Å². The van der Waals surface area contributed by atoms with Gasteiger partial charge in [0.15, 0.2) is 11.5 Å². The van der Waals surface area contributed by atoms with Gasteiger partial charge in [-0.05, 0) is 64.0 Å². The first kappa shape index (κ1) is 23.2. The fourth-order valence-corrected chi connectivity index (χ4v) is 5.19. The Bertz CT molecular complexity index is 1460. The van der Waals surface area contributed by atoms with E-state index >= 15 is 0 Å². The Hall–Kier alpha value is -3.55. The molecule has 1 fully saturated rings. The van der Waals surface area contributed by atoms with Crippen molar-refractivity contribution in [2.75, 3.05) is 12.0 Å². The SMILES string of the molecule is COc1cc(/C=C2\SC(=O)N(c3ccccc3)C2=O)c(Br)cc1OCc1cccc2ccccc12. The van der Waals surface area contributed by atoms with E-state index in [0.717, 1.165) is 32.6 Å². The summed E-state index contributed by atoms with van der Waals surface area (Å²) >= 11 is 4.49. The lowest BCUT2D eigenvalue weighted by Crippen LogP contribution is -2.27. The summed E-state index contributed by atoms with van der Waals surface area (Å²) in [7, 11) is 1.57. The largest absolute Gasteiger partial charge is 0.493 e. The van der Waals surface area contributed by atoms with Crippen molar-refractivity contribution in [3.05, 3.63) is 105 Å². The maximum atomic E-state index is 13.0. The van der Waals surface area contributed by atoms with E-state index in [1.165, 1.54) is 4.90 Å². The van der Waals surface area contributed by atoms with Gasteiger partial charge in [0.2, 0.25) is 0 Å². The summed E-state index contributed by atoms with van der Waals surface area (Å²) in [6.45, 7) is 0.374. The summed E-state index contributed by atoms with van der Waals surface area (Å²) < 4.78 is 12.4. The van der Waals surface area contributed by atoms with Crippen LogP contribution in [0.2, 0.25) is 0 Å². The van der Waals surface area contributed by atoms with Crippen LogP contribution in [0.5, 0.6) is 11.5 Å². The normalized spacial score (nSPS) is 14.7. The third-order valence-corrected chi connectivity index (χ3v) is 7.20. The molecule has 1 aliphatic heterocycles. The molecule has 0 saturated carbocycles. The minimum atomic E-state index is -0.353. The molecule has 5 rings (SSSR count). The van der Waals surface area contributed by atoms with Gasteiger partial charge < -0.3 is 9.47 Å². The molecule has 1 aliphatic rings. The number of halogens is 1. The van der Waals surface area contributed by atoms with Crippen molar-refractivity contribution in [1.29, 1.82) is 0 Å². The smallest absolute Gasteiger partial charge is 0.298 e. The molecule has 35 heavy (non-hydrogen) atoms. The monoisotopic (exact) mass is 545 g/mol. The summed E-state index contributed by atoms with van der Waals surface area (Å²) in [5, 5.41) is 1.96. The zero-order valence-corrected chi connectivity index (χ0v) is 21.1. The van der Waals surface area contributed by atoms with Crippen LogP contribution in [-0.2, 0) is 11.4 Å². The Labute approximate surface area is 215 Å². The predicted molar refractivity (Wildman–Crippen MR) is 144 cm³/mol. The van der Waals surface area contributed by atoms with Gasteiger partial charge in [0.25, 0.3) is 11.1 Å². The molecule has 1 heterocycles. The van der Waals surface area contributed by atoms with Gasteiger partial charge in [-0.1, -0.05) is 76.6 Å². The number of hydrogen-bond acceptors (Lipinski definition) is 5. The number of rotatable bonds is 6. The lowest BCUT2D eigenvalue weighted by atomic mass is 10.1. The third-order valence-electron chi connectivity index (χ3n) is 5.64. The van der Waals surface area contributed by atoms with Crippen molar-refractivity contribution >= 4 is 61.4 Å². The quantitative estimate of drug-likeness (QED) is 0.236. The van der Waals surface area contributed by atoms with Crippen molar-refractivity contribution in [1.82, 2.24) is 0 Å². The Morgan fingerprint density at radius 2 is 1.66 bits per heavy atom. The van der Waals surface area contributed by atoms with Crippen LogP contribution in [0.3, 0.4) is 0 Å². The van der Waals surface area contributed by atoms with Crippen LogP contribution in [0.1, 0.15) is 11.1 Å². The maximum Gasteiger partial charge on any atom is 0.298 e. The van der Waals surface area contributed by atoms with Gasteiger partial charge in [-0.25, -0.2) is 4.90 Å². The number of methoxy groups -OCH3 is 1. The van der Waals surface area contributed by atoms with Gasteiger partial charge in [0.05, 0.1) is 17.7 Å². The molecule has 0 atom stereocenters. The zero-order valence-electron chi connectivity index (χ0n) is 18.7. The molecule has 1 saturated heterocycles. The summed E-state index contributed by atoms with van der Waals surface area (Å²) in [6, 6.07) is 26.8. The standard InChI is InChI=1S/C28H20BrNO4S/c1-33-24-14-20(15-26-27(31)30(28(32)35-26)21-11-3-2-4-12-21)23(29)16-25(24)34-17-19-10-7-9-18-8-5-6-13-22(18)19/h2-16H,17H2,1H3/b26-15-. The average molecular weight is 546 g/mol. The van der Waals surface area contributed by atoms with E-state index in [9.17, 15) is 9.59 Å². The maximum absolute atomic E-state index is 13.0. The minimum absolute atomic E-state index is 0.328. The van der Waals surface area contributed by atoms with Gasteiger partial charge >= 0.3 is 0 Å². The number of thioether (sulfide) groups is 1. The van der Waals surface area contributed by atoms with Crippen molar-refractivity contribution in [2.24, 2.45) is 0 Å². The number of nitrogens with zero attached hydrogens (tertiary/aromatic N) is 1. The fraction of sp³-hybridized carbons (Fsp3) is 0.0714. The van der Waals surface area contributed by atoms with Gasteiger partial charge in [0.1, 0.15) is 6.61 Å². The van der Waals surface area contributed by atoms with Crippen molar-refractivity contribution in [2.45, 2.75) is 6.61 Å². The summed E-state index contributed by atoms with van der Waals surface area (Å²) in [5.74, 6) is 0.747. The van der Waals surface area contributed by atoms with Crippen LogP contribution >= 0.6 is 27.7 Å². The molecule has 0 spiro atoms. The number of anilines is 1. The van der Waals surface area contributed by atoms with E-state index in [1.807, 2.05) is 36.4 Å². The number of para-hydroxylation sites is 1. The van der Waals surface area contributed by atoms with E-state index in [-0.39, 0.29) is 11.1 Å². The second kappa shape index (κ2) is 9.98. The molecule has 0 bridgehead atoms. The highest BCUT2D eigenvalue weighted by Gasteiger charge is 2.36. The Morgan fingerprint density at radius 1 is 0.914 bits per heavy atom. The Morgan fingerprint density at radius 3 is 2.46 bits per heavy atom. The number of hydrogen-bond donors (Lipinski definition) is 0. The number of ether oxygens (including phenoxy) is 2. The predicted octanol–water partition coefficient (Wildman–Crippen LogP) is 7.43. The second-order valence-corrected chi connectivity index (χ2v) is 9.65. The summed E-state index contributed by atoms with van der Waals surface area (Å²) in [6.07, 6.45) is 1.69. The number of fused-ring (bicyclic) bond motifs is 1. The van der Waals surface area contributed by atoms with Gasteiger partial charge in [-0.2, -0.15) is 0 Å². The highest BCUT2D eigenvalue weighted by atomic mass is 79.9. The first-order valence-corrected chi connectivity index (χ1v) is 12.5. The average Bonchev–Trinajstić information content (AvgIpc) is 3.16. The van der Waals surface area contributed by atoms with Crippen molar-refractivity contribution in [3.8, 4) is 11.5 Å². The molecule has 2 amide bonds. The minimum Gasteiger partial charge on any atom is -0.493 e. The molecule has 4 aromatic carbocycles. The third kappa shape index (κ3) is 4.70. The first-order valence-electron chi connectivity index (χ1n) is 10.8. The molecule has 0 unspecified atom stereocenters. The lowest BCUT2D eigenvalue weighted by molar-refractivity contribution is -0.113. The molecule has 174 valence electrons. The van der Waals surface area contributed by atoms with Gasteiger partial charge in [-0.3, -0.25) is 9.59 Å². The Balaban J connectivity index is 1.41. The lowest BCUT2D eigenvalue weighted by Gasteiger charge is -2.14. The van der Waals surface area contributed by atoms with Crippen LogP contribution in [0.25, 0.3) is 16.8 Å². The van der Waals surface area contributed by atoms with E-state index < -0.39 is 0 Å². The van der Waals surface area contributed by atoms with Crippen LogP contribution in [0, 0.1) is 0 Å². The summed E-state index contributed by atoms with van der Waals surface area (Å²) in [5.41, 5.74) is 2.32. The highest BCUT2D eigenvalue weighted by Crippen LogP contribution is 2.39. The zero-order chi connectivity index (χ0) is 24.4.